The molecule has 2 aromatic carbocycles. The Bertz CT molecular complexity index is 662. The van der Waals surface area contributed by atoms with Crippen LogP contribution in [0.25, 0.3) is 0 Å². The van der Waals surface area contributed by atoms with Crippen LogP contribution in [0.15, 0.2) is 48.5 Å². The lowest BCUT2D eigenvalue weighted by Crippen LogP contribution is -2.16. The number of rotatable bonds is 5. The maximum absolute atomic E-state index is 13.0. The molecule has 0 heterocycles. The van der Waals surface area contributed by atoms with Gasteiger partial charge in [-0.25, -0.2) is 4.39 Å². The SMILES string of the molecule is N#Cc1ccc(NCCC(=O)Nc2cccc(F)c2)cc1. The molecule has 0 bridgehead atoms. The van der Waals surface area contributed by atoms with Crippen LogP contribution in [-0.2, 0) is 4.79 Å². The summed E-state index contributed by atoms with van der Waals surface area (Å²) in [7, 11) is 0. The monoisotopic (exact) mass is 283 g/mol. The van der Waals surface area contributed by atoms with E-state index in [1.54, 1.807) is 36.4 Å². The Kier molecular flexibility index (Phi) is 4.89. The Morgan fingerprint density at radius 1 is 1.14 bits per heavy atom. The Morgan fingerprint density at radius 3 is 2.57 bits per heavy atom. The number of halogens is 1. The van der Waals surface area contributed by atoms with Crippen LogP contribution in [0.3, 0.4) is 0 Å². The second-order valence-electron chi connectivity index (χ2n) is 4.42. The number of nitrogens with one attached hydrogen (secondary N) is 2. The van der Waals surface area contributed by atoms with Gasteiger partial charge in [0.1, 0.15) is 5.82 Å². The normalized spacial score (nSPS) is 9.71. The van der Waals surface area contributed by atoms with Crippen LogP contribution in [0.4, 0.5) is 15.8 Å². The number of nitriles is 1. The van der Waals surface area contributed by atoms with Crippen molar-refractivity contribution in [3.8, 4) is 6.07 Å². The Hall–Kier alpha value is -2.87. The zero-order chi connectivity index (χ0) is 15.1. The molecule has 4 nitrogen and oxygen atoms in total. The number of hydrogen-bond acceptors (Lipinski definition) is 3. The largest absolute Gasteiger partial charge is 0.385 e. The van der Waals surface area contributed by atoms with E-state index < -0.39 is 0 Å². The van der Waals surface area contributed by atoms with Crippen molar-refractivity contribution in [2.45, 2.75) is 6.42 Å². The van der Waals surface area contributed by atoms with E-state index in [2.05, 4.69) is 10.6 Å². The van der Waals surface area contributed by atoms with Crippen LogP contribution < -0.4 is 10.6 Å². The number of carbonyl (C=O) groups is 1. The van der Waals surface area contributed by atoms with Gasteiger partial charge in [-0.2, -0.15) is 5.26 Å². The minimum absolute atomic E-state index is 0.193. The summed E-state index contributed by atoms with van der Waals surface area (Å²) in [5.74, 6) is -0.578. The molecule has 0 atom stereocenters. The standard InChI is InChI=1S/C16H14FN3O/c17-13-2-1-3-15(10-13)20-16(21)8-9-19-14-6-4-12(11-18)5-7-14/h1-7,10,19H,8-9H2,(H,20,21). The minimum atomic E-state index is -0.386. The van der Waals surface area contributed by atoms with Crippen LogP contribution in [-0.4, -0.2) is 12.5 Å². The van der Waals surface area contributed by atoms with E-state index >= 15 is 0 Å². The van der Waals surface area contributed by atoms with Gasteiger partial charge in [0.05, 0.1) is 11.6 Å². The molecule has 0 spiro atoms. The highest BCUT2D eigenvalue weighted by molar-refractivity contribution is 5.90. The summed E-state index contributed by atoms with van der Waals surface area (Å²) in [4.78, 5) is 11.7. The molecule has 5 heteroatoms. The summed E-state index contributed by atoms with van der Waals surface area (Å²) in [6, 6.07) is 14.8. The minimum Gasteiger partial charge on any atom is -0.385 e. The van der Waals surface area contributed by atoms with Crippen molar-refractivity contribution in [3.05, 3.63) is 59.9 Å². The smallest absolute Gasteiger partial charge is 0.226 e. The molecule has 0 saturated carbocycles. The lowest BCUT2D eigenvalue weighted by atomic mass is 10.2. The summed E-state index contributed by atoms with van der Waals surface area (Å²) in [6.07, 6.45) is 0.260. The van der Waals surface area contributed by atoms with Crippen LogP contribution >= 0.6 is 0 Å². The molecule has 2 N–H and O–H groups in total. The number of amides is 1. The van der Waals surface area contributed by atoms with E-state index in [9.17, 15) is 9.18 Å². The summed E-state index contributed by atoms with van der Waals surface area (Å²) < 4.78 is 13.0. The molecule has 1 amide bonds. The topological polar surface area (TPSA) is 64.9 Å². The van der Waals surface area contributed by atoms with Crippen molar-refractivity contribution in [2.24, 2.45) is 0 Å². The van der Waals surface area contributed by atoms with Crippen LogP contribution in [0.1, 0.15) is 12.0 Å². The fourth-order valence-corrected chi connectivity index (χ4v) is 1.77. The third-order valence-corrected chi connectivity index (χ3v) is 2.80. The number of benzene rings is 2. The van der Waals surface area contributed by atoms with Gasteiger partial charge in [0.2, 0.25) is 5.91 Å². The fraction of sp³-hybridized carbons (Fsp3) is 0.125. The average molecular weight is 283 g/mol. The van der Waals surface area contributed by atoms with Gasteiger partial charge >= 0.3 is 0 Å². The highest BCUT2D eigenvalue weighted by Crippen LogP contribution is 2.10. The van der Waals surface area contributed by atoms with Crippen molar-refractivity contribution in [1.82, 2.24) is 0 Å². The molecule has 0 aromatic heterocycles. The quantitative estimate of drug-likeness (QED) is 0.886. The number of anilines is 2. The Labute approximate surface area is 122 Å². The average Bonchev–Trinajstić information content (AvgIpc) is 2.48. The maximum Gasteiger partial charge on any atom is 0.226 e. The first kappa shape index (κ1) is 14.5. The highest BCUT2D eigenvalue weighted by atomic mass is 19.1. The zero-order valence-electron chi connectivity index (χ0n) is 11.3. The second-order valence-corrected chi connectivity index (χ2v) is 4.42. The molecule has 2 rings (SSSR count). The number of carbonyl (C=O) groups excluding carboxylic acids is 1. The molecule has 0 saturated heterocycles. The van der Waals surface area contributed by atoms with E-state index in [1.807, 2.05) is 6.07 Å². The van der Waals surface area contributed by atoms with Gasteiger partial charge in [0, 0.05) is 24.3 Å². The lowest BCUT2D eigenvalue weighted by molar-refractivity contribution is -0.115. The van der Waals surface area contributed by atoms with Crippen LogP contribution in [0.2, 0.25) is 0 Å². The van der Waals surface area contributed by atoms with Crippen LogP contribution in [0, 0.1) is 17.1 Å². The van der Waals surface area contributed by atoms with E-state index in [-0.39, 0.29) is 18.1 Å². The molecular formula is C16H14FN3O. The van der Waals surface area contributed by atoms with Crippen molar-refractivity contribution < 1.29 is 9.18 Å². The van der Waals surface area contributed by atoms with Gasteiger partial charge in [0.15, 0.2) is 0 Å². The third kappa shape index (κ3) is 4.62. The summed E-state index contributed by atoms with van der Waals surface area (Å²) in [5, 5.41) is 14.4. The molecule has 2 aromatic rings. The maximum atomic E-state index is 13.0. The highest BCUT2D eigenvalue weighted by Gasteiger charge is 2.03. The molecule has 0 aliphatic carbocycles. The summed E-state index contributed by atoms with van der Waals surface area (Å²) in [6.45, 7) is 0.451. The Morgan fingerprint density at radius 2 is 1.90 bits per heavy atom. The molecule has 0 aliphatic heterocycles. The predicted octanol–water partition coefficient (Wildman–Crippen LogP) is 3.14. The number of hydrogen-bond donors (Lipinski definition) is 2. The van der Waals surface area contributed by atoms with E-state index in [1.165, 1.54) is 12.1 Å². The van der Waals surface area contributed by atoms with Crippen molar-refractivity contribution in [3.63, 3.8) is 0 Å². The third-order valence-electron chi connectivity index (χ3n) is 2.80. The van der Waals surface area contributed by atoms with Crippen molar-refractivity contribution >= 4 is 17.3 Å². The van der Waals surface area contributed by atoms with Crippen LogP contribution in [0.5, 0.6) is 0 Å². The lowest BCUT2D eigenvalue weighted by Gasteiger charge is -2.07. The van der Waals surface area contributed by atoms with Gasteiger partial charge in [-0.15, -0.1) is 0 Å². The molecule has 0 unspecified atom stereocenters. The van der Waals surface area contributed by atoms with Crippen molar-refractivity contribution in [1.29, 1.82) is 5.26 Å². The molecule has 0 aliphatic rings. The number of nitrogens with zero attached hydrogens (tertiary/aromatic N) is 1. The molecule has 0 radical (unpaired) electrons. The van der Waals surface area contributed by atoms with E-state index in [4.69, 9.17) is 5.26 Å². The fourth-order valence-electron chi connectivity index (χ4n) is 1.77. The molecule has 0 fully saturated rings. The molecular weight excluding hydrogens is 269 g/mol. The first-order valence-corrected chi connectivity index (χ1v) is 6.47. The predicted molar refractivity (Wildman–Crippen MR) is 79.3 cm³/mol. The first-order chi connectivity index (χ1) is 10.2. The van der Waals surface area contributed by atoms with Gasteiger partial charge in [0.25, 0.3) is 0 Å². The Balaban J connectivity index is 1.77. The van der Waals surface area contributed by atoms with Crippen molar-refractivity contribution in [2.75, 3.05) is 17.2 Å². The molecule has 21 heavy (non-hydrogen) atoms. The van der Waals surface area contributed by atoms with E-state index in [0.717, 1.165) is 5.69 Å². The van der Waals surface area contributed by atoms with E-state index in [0.29, 0.717) is 17.8 Å². The molecule has 106 valence electrons. The first-order valence-electron chi connectivity index (χ1n) is 6.47. The van der Waals surface area contributed by atoms with Gasteiger partial charge in [-0.05, 0) is 42.5 Å². The summed E-state index contributed by atoms with van der Waals surface area (Å²) in [5.41, 5.74) is 1.87. The van der Waals surface area contributed by atoms with Gasteiger partial charge < -0.3 is 10.6 Å². The van der Waals surface area contributed by atoms with Gasteiger partial charge in [-0.1, -0.05) is 6.07 Å². The zero-order valence-corrected chi connectivity index (χ0v) is 11.3. The second kappa shape index (κ2) is 7.06. The summed E-state index contributed by atoms with van der Waals surface area (Å²) >= 11 is 0. The van der Waals surface area contributed by atoms with Gasteiger partial charge in [-0.3, -0.25) is 4.79 Å².